The largest absolute Gasteiger partial charge is 0.479 e. The molecular weight excluding hydrogens is 156 g/mol. The number of carboxylic acid groups (broad SMARTS) is 1. The molecule has 0 radical (unpaired) electrons. The fourth-order valence-corrected chi connectivity index (χ4v) is 1.19. The van der Waals surface area contributed by atoms with Crippen LogP contribution in [0.4, 0.5) is 0 Å². The Bertz CT molecular complexity index is 163. The standard InChI is InChI=1S/C9H18O3/c1-6(2)5-9(12,7(3)4)8(10)11/h6-7,12H,5H2,1-4H3,(H,10,11). The SMILES string of the molecule is CC(C)CC(O)(C(=O)O)C(C)C. The van der Waals surface area contributed by atoms with Crippen molar-refractivity contribution in [1.82, 2.24) is 0 Å². The molecule has 0 aromatic heterocycles. The van der Waals surface area contributed by atoms with Gasteiger partial charge in [0.1, 0.15) is 0 Å². The second-order valence-corrected chi connectivity index (χ2v) is 3.98. The molecule has 0 aromatic rings. The van der Waals surface area contributed by atoms with Gasteiger partial charge >= 0.3 is 5.97 Å². The number of aliphatic carboxylic acids is 1. The quantitative estimate of drug-likeness (QED) is 0.679. The first kappa shape index (κ1) is 11.4. The van der Waals surface area contributed by atoms with Gasteiger partial charge in [-0.2, -0.15) is 0 Å². The Morgan fingerprint density at radius 2 is 1.75 bits per heavy atom. The summed E-state index contributed by atoms with van der Waals surface area (Å²) in [5, 5.41) is 18.5. The predicted octanol–water partition coefficient (Wildman–Crippen LogP) is 1.50. The van der Waals surface area contributed by atoms with E-state index in [1.54, 1.807) is 13.8 Å². The fourth-order valence-electron chi connectivity index (χ4n) is 1.19. The van der Waals surface area contributed by atoms with Crippen molar-refractivity contribution in [2.45, 2.75) is 39.7 Å². The van der Waals surface area contributed by atoms with Gasteiger partial charge in [0, 0.05) is 0 Å². The minimum absolute atomic E-state index is 0.188. The average Bonchev–Trinajstić information content (AvgIpc) is 1.84. The molecule has 3 heteroatoms. The summed E-state index contributed by atoms with van der Waals surface area (Å²) in [5.41, 5.74) is -1.56. The third kappa shape index (κ3) is 2.48. The van der Waals surface area contributed by atoms with Gasteiger partial charge in [-0.25, -0.2) is 4.79 Å². The molecule has 0 fully saturated rings. The summed E-state index contributed by atoms with van der Waals surface area (Å²) >= 11 is 0. The molecule has 0 bridgehead atoms. The van der Waals surface area contributed by atoms with Crippen LogP contribution in [0.1, 0.15) is 34.1 Å². The highest BCUT2D eigenvalue weighted by molar-refractivity contribution is 5.77. The Balaban J connectivity index is 4.51. The molecule has 0 heterocycles. The zero-order chi connectivity index (χ0) is 9.94. The van der Waals surface area contributed by atoms with Gasteiger partial charge in [0.25, 0.3) is 0 Å². The maximum atomic E-state index is 10.7. The van der Waals surface area contributed by atoms with E-state index in [4.69, 9.17) is 5.11 Å². The molecule has 0 saturated heterocycles. The van der Waals surface area contributed by atoms with E-state index < -0.39 is 11.6 Å². The average molecular weight is 174 g/mol. The third-order valence-electron chi connectivity index (χ3n) is 2.04. The monoisotopic (exact) mass is 174 g/mol. The highest BCUT2D eigenvalue weighted by Crippen LogP contribution is 2.25. The minimum Gasteiger partial charge on any atom is -0.479 e. The molecule has 0 aliphatic heterocycles. The normalized spacial score (nSPS) is 16.6. The van der Waals surface area contributed by atoms with Gasteiger partial charge in [0.2, 0.25) is 0 Å². The van der Waals surface area contributed by atoms with Crippen LogP contribution in [-0.2, 0) is 4.79 Å². The van der Waals surface area contributed by atoms with Gasteiger partial charge in [-0.3, -0.25) is 0 Å². The Labute approximate surface area is 73.4 Å². The summed E-state index contributed by atoms with van der Waals surface area (Å²) in [4.78, 5) is 10.7. The summed E-state index contributed by atoms with van der Waals surface area (Å²) < 4.78 is 0. The molecule has 0 aliphatic carbocycles. The molecule has 0 amide bonds. The Morgan fingerprint density at radius 3 is 1.83 bits per heavy atom. The maximum Gasteiger partial charge on any atom is 0.335 e. The molecule has 2 N–H and O–H groups in total. The first-order valence-electron chi connectivity index (χ1n) is 4.26. The lowest BCUT2D eigenvalue weighted by Gasteiger charge is -2.28. The van der Waals surface area contributed by atoms with Crippen LogP contribution in [0, 0.1) is 11.8 Å². The van der Waals surface area contributed by atoms with Crippen LogP contribution in [0.2, 0.25) is 0 Å². The number of aliphatic hydroxyl groups is 1. The number of carbonyl (C=O) groups is 1. The van der Waals surface area contributed by atoms with E-state index in [0.29, 0.717) is 6.42 Å². The smallest absolute Gasteiger partial charge is 0.335 e. The van der Waals surface area contributed by atoms with Gasteiger partial charge in [-0.1, -0.05) is 27.7 Å². The lowest BCUT2D eigenvalue weighted by molar-refractivity contribution is -0.165. The number of hydrogen-bond donors (Lipinski definition) is 2. The molecule has 1 atom stereocenters. The van der Waals surface area contributed by atoms with Gasteiger partial charge in [0.15, 0.2) is 5.60 Å². The van der Waals surface area contributed by atoms with Crippen molar-refractivity contribution in [3.8, 4) is 0 Å². The lowest BCUT2D eigenvalue weighted by atomic mass is 9.83. The molecule has 1 unspecified atom stereocenters. The molecule has 0 aliphatic rings. The Kier molecular flexibility index (Phi) is 3.71. The number of carboxylic acids is 1. The van der Waals surface area contributed by atoms with Crippen molar-refractivity contribution in [2.75, 3.05) is 0 Å². The van der Waals surface area contributed by atoms with Crippen molar-refractivity contribution in [2.24, 2.45) is 11.8 Å². The number of hydrogen-bond acceptors (Lipinski definition) is 2. The highest BCUT2D eigenvalue weighted by Gasteiger charge is 2.39. The van der Waals surface area contributed by atoms with E-state index in [0.717, 1.165) is 0 Å². The van der Waals surface area contributed by atoms with E-state index in [-0.39, 0.29) is 11.8 Å². The molecule has 12 heavy (non-hydrogen) atoms. The van der Waals surface area contributed by atoms with Crippen molar-refractivity contribution in [3.63, 3.8) is 0 Å². The van der Waals surface area contributed by atoms with E-state index in [9.17, 15) is 9.90 Å². The van der Waals surface area contributed by atoms with Crippen LogP contribution in [0.5, 0.6) is 0 Å². The van der Waals surface area contributed by atoms with Crippen LogP contribution in [0.15, 0.2) is 0 Å². The van der Waals surface area contributed by atoms with Crippen molar-refractivity contribution < 1.29 is 15.0 Å². The summed E-state index contributed by atoms with van der Waals surface area (Å²) in [7, 11) is 0. The van der Waals surface area contributed by atoms with Crippen LogP contribution in [-0.4, -0.2) is 21.8 Å². The van der Waals surface area contributed by atoms with Crippen molar-refractivity contribution in [3.05, 3.63) is 0 Å². The van der Waals surface area contributed by atoms with Crippen LogP contribution in [0.3, 0.4) is 0 Å². The van der Waals surface area contributed by atoms with E-state index in [1.807, 2.05) is 13.8 Å². The van der Waals surface area contributed by atoms with E-state index in [2.05, 4.69) is 0 Å². The molecule has 0 spiro atoms. The predicted molar refractivity (Wildman–Crippen MR) is 46.9 cm³/mol. The first-order valence-corrected chi connectivity index (χ1v) is 4.26. The van der Waals surface area contributed by atoms with Crippen molar-refractivity contribution >= 4 is 5.97 Å². The summed E-state index contributed by atoms with van der Waals surface area (Å²) in [6.07, 6.45) is 0.306. The topological polar surface area (TPSA) is 57.5 Å². The zero-order valence-corrected chi connectivity index (χ0v) is 8.16. The zero-order valence-electron chi connectivity index (χ0n) is 8.16. The summed E-state index contributed by atoms with van der Waals surface area (Å²) in [5.74, 6) is -1.18. The van der Waals surface area contributed by atoms with E-state index in [1.165, 1.54) is 0 Å². The number of rotatable bonds is 4. The molecular formula is C9H18O3. The maximum absolute atomic E-state index is 10.7. The second kappa shape index (κ2) is 3.90. The first-order chi connectivity index (χ1) is 5.30. The fraction of sp³-hybridized carbons (Fsp3) is 0.889. The van der Waals surface area contributed by atoms with Crippen LogP contribution in [0.25, 0.3) is 0 Å². The second-order valence-electron chi connectivity index (χ2n) is 3.98. The van der Waals surface area contributed by atoms with E-state index >= 15 is 0 Å². The van der Waals surface area contributed by atoms with Crippen LogP contribution >= 0.6 is 0 Å². The van der Waals surface area contributed by atoms with Crippen molar-refractivity contribution in [1.29, 1.82) is 0 Å². The summed E-state index contributed by atoms with van der Waals surface area (Å²) in [6.45, 7) is 7.24. The molecule has 72 valence electrons. The van der Waals surface area contributed by atoms with Crippen LogP contribution < -0.4 is 0 Å². The van der Waals surface area contributed by atoms with Gasteiger partial charge in [0.05, 0.1) is 0 Å². The Morgan fingerprint density at radius 1 is 1.33 bits per heavy atom. The highest BCUT2D eigenvalue weighted by atomic mass is 16.4. The minimum atomic E-state index is -1.56. The molecule has 0 saturated carbocycles. The Hall–Kier alpha value is -0.570. The molecule has 0 rings (SSSR count). The molecule has 0 aromatic carbocycles. The summed E-state index contributed by atoms with van der Waals surface area (Å²) in [6, 6.07) is 0. The lowest BCUT2D eigenvalue weighted by Crippen LogP contribution is -2.44. The third-order valence-corrected chi connectivity index (χ3v) is 2.04. The van der Waals surface area contributed by atoms with Gasteiger partial charge in [-0.05, 0) is 18.3 Å². The molecule has 3 nitrogen and oxygen atoms in total. The van der Waals surface area contributed by atoms with Gasteiger partial charge in [-0.15, -0.1) is 0 Å². The van der Waals surface area contributed by atoms with Gasteiger partial charge < -0.3 is 10.2 Å².